The predicted molar refractivity (Wildman–Crippen MR) is 56.9 cm³/mol. The van der Waals surface area contributed by atoms with Gasteiger partial charge in [-0.3, -0.25) is 4.90 Å². The average Bonchev–Trinajstić information content (AvgIpc) is 2.26. The molecule has 4 nitrogen and oxygen atoms in total. The number of alkyl halides is 3. The molecule has 0 aliphatic rings. The van der Waals surface area contributed by atoms with Gasteiger partial charge in [-0.05, 0) is 24.3 Å². The van der Waals surface area contributed by atoms with E-state index >= 15 is 0 Å². The van der Waals surface area contributed by atoms with Crippen molar-refractivity contribution in [1.29, 1.82) is 0 Å². The molecule has 17 heavy (non-hydrogen) atoms. The van der Waals surface area contributed by atoms with Crippen molar-refractivity contribution in [2.75, 3.05) is 24.3 Å². The van der Waals surface area contributed by atoms with Crippen molar-refractivity contribution in [1.82, 2.24) is 0 Å². The van der Waals surface area contributed by atoms with Gasteiger partial charge in [0.1, 0.15) is 0 Å². The van der Waals surface area contributed by atoms with Crippen molar-refractivity contribution in [2.24, 2.45) is 0 Å². The first-order valence-electron chi connectivity index (χ1n) is 4.65. The summed E-state index contributed by atoms with van der Waals surface area (Å²) in [6.07, 6.45) is -6.45. The minimum absolute atomic E-state index is 0.304. The quantitative estimate of drug-likeness (QED) is 0.875. The lowest BCUT2D eigenvalue weighted by molar-refractivity contribution is -0.290. The SMILES string of the molecule is CNc1ccc(N(C)C(=O)OC(F)(F)F)cc1. The number of carbonyl (C=O) groups is 1. The molecule has 0 aromatic heterocycles. The smallest absolute Gasteiger partial charge is 0.388 e. The third-order valence-electron chi connectivity index (χ3n) is 2.02. The van der Waals surface area contributed by atoms with Crippen LogP contribution in [0.25, 0.3) is 0 Å². The summed E-state index contributed by atoms with van der Waals surface area (Å²) >= 11 is 0. The topological polar surface area (TPSA) is 41.6 Å². The summed E-state index contributed by atoms with van der Waals surface area (Å²) in [6.45, 7) is 0. The Balaban J connectivity index is 2.74. The van der Waals surface area contributed by atoms with E-state index in [1.54, 1.807) is 19.2 Å². The van der Waals surface area contributed by atoms with Crippen molar-refractivity contribution < 1.29 is 22.7 Å². The lowest BCUT2D eigenvalue weighted by Crippen LogP contribution is -2.32. The maximum atomic E-state index is 11.8. The van der Waals surface area contributed by atoms with E-state index in [2.05, 4.69) is 10.1 Å². The molecule has 0 aliphatic carbocycles. The number of nitrogens with one attached hydrogen (secondary N) is 1. The van der Waals surface area contributed by atoms with Crippen LogP contribution in [0.4, 0.5) is 29.3 Å². The number of anilines is 2. The first kappa shape index (κ1) is 13.1. The van der Waals surface area contributed by atoms with Gasteiger partial charge in [-0.15, -0.1) is 13.2 Å². The van der Waals surface area contributed by atoms with E-state index in [0.717, 1.165) is 10.6 Å². The largest absolute Gasteiger partial charge is 0.576 e. The minimum atomic E-state index is -4.98. The number of ether oxygens (including phenoxy) is 1. The van der Waals surface area contributed by atoms with Gasteiger partial charge in [0.2, 0.25) is 0 Å². The van der Waals surface area contributed by atoms with Gasteiger partial charge in [0.05, 0.1) is 0 Å². The van der Waals surface area contributed by atoms with Gasteiger partial charge in [-0.25, -0.2) is 4.79 Å². The van der Waals surface area contributed by atoms with Crippen LogP contribution in [-0.4, -0.2) is 26.6 Å². The molecule has 0 fully saturated rings. The fourth-order valence-electron chi connectivity index (χ4n) is 1.12. The molecule has 0 heterocycles. The van der Waals surface area contributed by atoms with Gasteiger partial charge in [-0.1, -0.05) is 0 Å². The minimum Gasteiger partial charge on any atom is -0.388 e. The lowest BCUT2D eigenvalue weighted by atomic mass is 10.2. The highest BCUT2D eigenvalue weighted by Crippen LogP contribution is 2.21. The van der Waals surface area contributed by atoms with Crippen molar-refractivity contribution in [3.63, 3.8) is 0 Å². The number of amides is 1. The Morgan fingerprint density at radius 3 is 2.24 bits per heavy atom. The second-order valence-corrected chi connectivity index (χ2v) is 3.17. The van der Waals surface area contributed by atoms with Crippen molar-refractivity contribution in [3.05, 3.63) is 24.3 Å². The van der Waals surface area contributed by atoms with Crippen LogP contribution in [0, 0.1) is 0 Å². The van der Waals surface area contributed by atoms with Gasteiger partial charge < -0.3 is 10.1 Å². The zero-order valence-corrected chi connectivity index (χ0v) is 9.21. The molecule has 1 rings (SSSR count). The van der Waals surface area contributed by atoms with Gasteiger partial charge in [-0.2, -0.15) is 0 Å². The Morgan fingerprint density at radius 1 is 1.29 bits per heavy atom. The van der Waals surface area contributed by atoms with E-state index < -0.39 is 12.5 Å². The van der Waals surface area contributed by atoms with Gasteiger partial charge >= 0.3 is 12.5 Å². The molecule has 7 heteroatoms. The van der Waals surface area contributed by atoms with Crippen LogP contribution in [0.1, 0.15) is 0 Å². The Morgan fingerprint density at radius 2 is 1.82 bits per heavy atom. The fraction of sp³-hybridized carbons (Fsp3) is 0.300. The van der Waals surface area contributed by atoms with Crippen LogP contribution in [-0.2, 0) is 4.74 Å². The zero-order chi connectivity index (χ0) is 13.1. The third-order valence-corrected chi connectivity index (χ3v) is 2.02. The Hall–Kier alpha value is -1.92. The normalized spacial score (nSPS) is 10.9. The number of benzene rings is 1. The highest BCUT2D eigenvalue weighted by Gasteiger charge is 2.35. The number of nitrogens with zero attached hydrogens (tertiary/aromatic N) is 1. The average molecular weight is 248 g/mol. The van der Waals surface area contributed by atoms with Crippen LogP contribution in [0.3, 0.4) is 0 Å². The van der Waals surface area contributed by atoms with Crippen molar-refractivity contribution in [3.8, 4) is 0 Å². The molecule has 0 aliphatic heterocycles. The van der Waals surface area contributed by atoms with Crippen LogP contribution in [0.15, 0.2) is 24.3 Å². The van der Waals surface area contributed by atoms with Crippen LogP contribution < -0.4 is 10.2 Å². The van der Waals surface area contributed by atoms with E-state index in [4.69, 9.17) is 0 Å². The van der Waals surface area contributed by atoms with Gasteiger partial charge in [0.25, 0.3) is 0 Å². The van der Waals surface area contributed by atoms with E-state index in [0.29, 0.717) is 5.69 Å². The zero-order valence-electron chi connectivity index (χ0n) is 9.21. The maximum Gasteiger partial charge on any atom is 0.576 e. The van der Waals surface area contributed by atoms with E-state index in [9.17, 15) is 18.0 Å². The predicted octanol–water partition coefficient (Wildman–Crippen LogP) is 2.82. The molecule has 0 unspecified atom stereocenters. The molecular formula is C10H11F3N2O2. The molecule has 0 bridgehead atoms. The van der Waals surface area contributed by atoms with E-state index in [1.165, 1.54) is 19.2 Å². The molecule has 0 radical (unpaired) electrons. The summed E-state index contributed by atoms with van der Waals surface area (Å²) in [7, 11) is 2.90. The highest BCUT2D eigenvalue weighted by molar-refractivity contribution is 5.87. The fourth-order valence-corrected chi connectivity index (χ4v) is 1.12. The highest BCUT2D eigenvalue weighted by atomic mass is 19.4. The summed E-state index contributed by atoms with van der Waals surface area (Å²) in [4.78, 5) is 11.9. The van der Waals surface area contributed by atoms with Gasteiger partial charge in [0, 0.05) is 25.5 Å². The summed E-state index contributed by atoms with van der Waals surface area (Å²) in [5.74, 6) is 0. The van der Waals surface area contributed by atoms with E-state index in [1.807, 2.05) is 0 Å². The van der Waals surface area contributed by atoms with Crippen molar-refractivity contribution in [2.45, 2.75) is 6.36 Å². The number of halogens is 3. The number of carbonyl (C=O) groups excluding carboxylic acids is 1. The monoisotopic (exact) mass is 248 g/mol. The first-order valence-corrected chi connectivity index (χ1v) is 4.65. The number of rotatable bonds is 2. The molecule has 1 amide bonds. The molecule has 1 aromatic rings. The maximum absolute atomic E-state index is 11.8. The molecule has 0 spiro atoms. The van der Waals surface area contributed by atoms with Crippen LogP contribution in [0.5, 0.6) is 0 Å². The van der Waals surface area contributed by atoms with E-state index in [-0.39, 0.29) is 0 Å². The summed E-state index contributed by atoms with van der Waals surface area (Å²) in [6, 6.07) is 6.27. The molecule has 0 saturated heterocycles. The van der Waals surface area contributed by atoms with Crippen LogP contribution in [0.2, 0.25) is 0 Å². The second kappa shape index (κ2) is 4.94. The van der Waals surface area contributed by atoms with Crippen LogP contribution >= 0.6 is 0 Å². The third kappa shape index (κ3) is 3.86. The number of hydrogen-bond donors (Lipinski definition) is 1. The molecule has 94 valence electrons. The van der Waals surface area contributed by atoms with Crippen molar-refractivity contribution >= 4 is 17.5 Å². The first-order chi connectivity index (χ1) is 7.83. The molecule has 1 N–H and O–H groups in total. The standard InChI is InChI=1S/C10H11F3N2O2/c1-14-7-3-5-8(6-4-7)15(2)9(16)17-10(11,12)13/h3-6,14H,1-2H3. The summed E-state index contributed by atoms with van der Waals surface area (Å²) in [5, 5.41) is 2.85. The Labute approximate surface area is 96.0 Å². The summed E-state index contributed by atoms with van der Waals surface area (Å²) < 4.78 is 38.7. The van der Waals surface area contributed by atoms with Gasteiger partial charge in [0.15, 0.2) is 0 Å². The molecule has 0 saturated carbocycles. The molecule has 0 atom stereocenters. The summed E-state index contributed by atoms with van der Waals surface area (Å²) in [5.41, 5.74) is 1.09. The lowest BCUT2D eigenvalue weighted by Gasteiger charge is -2.18. The molecular weight excluding hydrogens is 237 g/mol. The Kier molecular flexibility index (Phi) is 3.82. The molecule has 1 aromatic carbocycles. The number of hydrogen-bond acceptors (Lipinski definition) is 3. The Bertz CT molecular complexity index is 390. The second-order valence-electron chi connectivity index (χ2n) is 3.17.